The number of aromatic nitrogens is 1. The van der Waals surface area contributed by atoms with Gasteiger partial charge in [-0.2, -0.15) is 0 Å². The summed E-state index contributed by atoms with van der Waals surface area (Å²) >= 11 is 3.84. The van der Waals surface area contributed by atoms with Gasteiger partial charge in [0, 0.05) is 31.6 Å². The van der Waals surface area contributed by atoms with E-state index < -0.39 is 5.41 Å². The molecule has 0 N–H and O–H groups in total. The zero-order chi connectivity index (χ0) is 46.9. The number of nitrogens with zero attached hydrogens (tertiary/aromatic N) is 2. The second kappa shape index (κ2) is 17.1. The first-order valence-electron chi connectivity index (χ1n) is 24.5. The summed E-state index contributed by atoms with van der Waals surface area (Å²) in [6, 6.07) is 94.4. The summed E-state index contributed by atoms with van der Waals surface area (Å²) in [5, 5.41) is 6.41. The summed E-state index contributed by atoms with van der Waals surface area (Å²) in [6.45, 7) is 0. The molecule has 2 nitrogen and oxygen atoms in total. The maximum atomic E-state index is 2.61. The normalized spacial score (nSPS) is 14.7. The van der Waals surface area contributed by atoms with Crippen LogP contribution in [0.15, 0.2) is 261 Å². The van der Waals surface area contributed by atoms with Gasteiger partial charge in [-0.15, -0.1) is 23.1 Å². The molecule has 2 aliphatic rings. The predicted octanol–water partition coefficient (Wildman–Crippen LogP) is 18.3. The minimum Gasteiger partial charge on any atom is -0.319 e. The summed E-state index contributed by atoms with van der Waals surface area (Å²) in [5.74, 6) is 0. The summed E-state index contributed by atoms with van der Waals surface area (Å²) < 4.78 is 2.49. The van der Waals surface area contributed by atoms with Crippen molar-refractivity contribution in [2.75, 3.05) is 4.90 Å². The van der Waals surface area contributed by atoms with Crippen LogP contribution in [0.2, 0.25) is 0 Å². The Kier molecular flexibility index (Phi) is 10.0. The molecule has 14 rings (SSSR count). The highest BCUT2D eigenvalue weighted by Gasteiger charge is 2.46. The van der Waals surface area contributed by atoms with E-state index in [9.17, 15) is 0 Å². The van der Waals surface area contributed by atoms with Crippen molar-refractivity contribution >= 4 is 71.3 Å². The van der Waals surface area contributed by atoms with E-state index in [0.29, 0.717) is 0 Å². The van der Waals surface area contributed by atoms with E-state index in [0.717, 1.165) is 12.1 Å². The number of hydrogen-bond donors (Lipinski definition) is 0. The van der Waals surface area contributed by atoms with Crippen molar-refractivity contribution in [2.45, 2.75) is 17.2 Å². The molecule has 1 aliphatic heterocycles. The highest BCUT2D eigenvalue weighted by atomic mass is 32.2. The van der Waals surface area contributed by atoms with Crippen LogP contribution in [0, 0.1) is 0 Å². The van der Waals surface area contributed by atoms with E-state index in [1.54, 1.807) is 0 Å². The average Bonchev–Trinajstić information content (AvgIpc) is 4.26. The molecule has 1 unspecified atom stereocenters. The number of hydrogen-bond acceptors (Lipinski definition) is 3. The minimum absolute atomic E-state index is 0.197. The fourth-order valence-corrected chi connectivity index (χ4v) is 14.2. The number of rotatable bonds is 9. The van der Waals surface area contributed by atoms with Crippen molar-refractivity contribution in [3.63, 3.8) is 0 Å². The Morgan fingerprint density at radius 3 is 1.79 bits per heavy atom. The van der Waals surface area contributed by atoms with Crippen LogP contribution in [0.1, 0.15) is 34.2 Å². The minimum atomic E-state index is -0.482. The van der Waals surface area contributed by atoms with Crippen molar-refractivity contribution in [1.82, 2.24) is 4.57 Å². The molecule has 0 saturated heterocycles. The molecule has 2 aromatic heterocycles. The number of para-hydroxylation sites is 1. The molecule has 336 valence electrons. The maximum Gasteiger partial charge on any atom is 0.0969 e. The zero-order valence-corrected chi connectivity index (χ0v) is 40.5. The van der Waals surface area contributed by atoms with E-state index in [4.69, 9.17) is 0 Å². The third kappa shape index (κ3) is 6.70. The highest BCUT2D eigenvalue weighted by Crippen LogP contribution is 2.57. The van der Waals surface area contributed by atoms with Gasteiger partial charge in [0.1, 0.15) is 0 Å². The Bertz CT molecular complexity index is 3960. The van der Waals surface area contributed by atoms with Gasteiger partial charge >= 0.3 is 0 Å². The highest BCUT2D eigenvalue weighted by molar-refractivity contribution is 8.09. The summed E-state index contributed by atoms with van der Waals surface area (Å²) in [5.41, 5.74) is 17.0. The number of benzene rings is 10. The van der Waals surface area contributed by atoms with Gasteiger partial charge in [0.05, 0.1) is 32.5 Å². The van der Waals surface area contributed by atoms with Gasteiger partial charge in [-0.3, -0.25) is 0 Å². The number of thiophene rings is 1. The maximum absolute atomic E-state index is 2.61. The Hall–Kier alpha value is -8.15. The van der Waals surface area contributed by atoms with Crippen LogP contribution in [0.4, 0.5) is 10.7 Å². The summed E-state index contributed by atoms with van der Waals surface area (Å²) in [6.07, 6.45) is 3.37. The van der Waals surface area contributed by atoms with E-state index >= 15 is 0 Å². The molecular weight excluding hydrogens is 897 g/mol. The molecule has 71 heavy (non-hydrogen) atoms. The molecule has 0 radical (unpaired) electrons. The van der Waals surface area contributed by atoms with Gasteiger partial charge in [0.2, 0.25) is 0 Å². The second-order valence-corrected chi connectivity index (χ2v) is 20.9. The van der Waals surface area contributed by atoms with Gasteiger partial charge in [0.15, 0.2) is 0 Å². The van der Waals surface area contributed by atoms with Crippen LogP contribution in [0.25, 0.3) is 75.9 Å². The monoisotopic (exact) mass is 942 g/mol. The van der Waals surface area contributed by atoms with E-state index in [-0.39, 0.29) is 5.37 Å². The van der Waals surface area contributed by atoms with Crippen LogP contribution in [0.3, 0.4) is 0 Å². The molecule has 0 spiro atoms. The molecule has 3 heterocycles. The van der Waals surface area contributed by atoms with Crippen molar-refractivity contribution in [1.29, 1.82) is 0 Å². The predicted molar refractivity (Wildman–Crippen MR) is 303 cm³/mol. The quantitative estimate of drug-likeness (QED) is 0.142. The van der Waals surface area contributed by atoms with Gasteiger partial charge < -0.3 is 9.47 Å². The molecular formula is C67H46N2S2. The molecule has 0 bridgehead atoms. The van der Waals surface area contributed by atoms with Crippen molar-refractivity contribution < 1.29 is 0 Å². The molecule has 1 aliphatic carbocycles. The van der Waals surface area contributed by atoms with E-state index in [1.807, 2.05) is 23.1 Å². The van der Waals surface area contributed by atoms with Gasteiger partial charge in [-0.1, -0.05) is 212 Å². The van der Waals surface area contributed by atoms with Crippen LogP contribution in [-0.4, -0.2) is 9.94 Å². The molecule has 1 atom stereocenters. The van der Waals surface area contributed by atoms with Gasteiger partial charge in [-0.05, 0) is 116 Å². The second-order valence-electron chi connectivity index (χ2n) is 18.6. The number of fused-ring (bicyclic) bond motifs is 7. The fourth-order valence-electron chi connectivity index (χ4n) is 11.8. The van der Waals surface area contributed by atoms with Crippen LogP contribution >= 0.6 is 23.1 Å². The SMILES string of the molecule is C1=C(c2ccccc2)SC(N(c2ccc(-c3ccccc3)s2)c2ccc(-c3ccc4c(c3)c3ccccc3n4-c3ccc4c(c3)C(c3ccccc3)(c3ccccc3)c3ccccc3-4)c3ccccc23)C1. The molecule has 0 fully saturated rings. The lowest BCUT2D eigenvalue weighted by Gasteiger charge is -2.34. The Morgan fingerprint density at radius 1 is 0.423 bits per heavy atom. The first-order valence-corrected chi connectivity index (χ1v) is 26.2. The Balaban J connectivity index is 0.908. The average molecular weight is 943 g/mol. The van der Waals surface area contributed by atoms with E-state index in [2.05, 4.69) is 270 Å². The zero-order valence-electron chi connectivity index (χ0n) is 38.8. The smallest absolute Gasteiger partial charge is 0.0969 e. The molecule has 0 amide bonds. The molecule has 12 aromatic rings. The number of thioether (sulfide) groups is 1. The van der Waals surface area contributed by atoms with Crippen LogP contribution in [0.5, 0.6) is 0 Å². The van der Waals surface area contributed by atoms with Crippen molar-refractivity contribution in [3.8, 4) is 38.4 Å². The van der Waals surface area contributed by atoms with Crippen LogP contribution in [-0.2, 0) is 5.41 Å². The van der Waals surface area contributed by atoms with Crippen molar-refractivity contribution in [2.24, 2.45) is 0 Å². The van der Waals surface area contributed by atoms with Crippen molar-refractivity contribution in [3.05, 3.63) is 289 Å². The number of anilines is 2. The standard InChI is InChI=1S/C67H46N2S2/c1-5-19-45(20-6-1)63-39-41-65(70-63)69(66-42-40-64(71-66)46-21-7-2-8-22-46)61-38-36-51(52-27-13-14-29-55(52)61)47-33-37-62-57(43-47)56-30-16-18-32-60(56)68(62)50-34-35-54-53-28-15-17-31-58(53)67(59(54)44-50,48-23-9-3-10-24-48)49-25-11-4-12-26-49/h1-41,43-44,66H,42H2. The Labute approximate surface area is 422 Å². The lowest BCUT2D eigenvalue weighted by molar-refractivity contribution is 0.767. The lowest BCUT2D eigenvalue weighted by Crippen LogP contribution is -2.28. The fraction of sp³-hybridized carbons (Fsp3) is 0.0448. The van der Waals surface area contributed by atoms with Crippen LogP contribution < -0.4 is 4.90 Å². The van der Waals surface area contributed by atoms with E-state index in [1.165, 1.54) is 109 Å². The largest absolute Gasteiger partial charge is 0.319 e. The van der Waals surface area contributed by atoms with Gasteiger partial charge in [0.25, 0.3) is 0 Å². The summed E-state index contributed by atoms with van der Waals surface area (Å²) in [4.78, 5) is 5.22. The van der Waals surface area contributed by atoms with Gasteiger partial charge in [-0.25, -0.2) is 0 Å². The molecule has 4 heteroatoms. The molecule has 10 aromatic carbocycles. The first kappa shape index (κ1) is 41.8. The summed E-state index contributed by atoms with van der Waals surface area (Å²) in [7, 11) is 0. The molecule has 0 saturated carbocycles. The lowest BCUT2D eigenvalue weighted by atomic mass is 9.67. The topological polar surface area (TPSA) is 8.17 Å². The first-order chi connectivity index (χ1) is 35.2. The third-order valence-corrected chi connectivity index (χ3v) is 17.3. The Morgan fingerprint density at radius 2 is 1.03 bits per heavy atom. The third-order valence-electron chi connectivity index (χ3n) is 14.8.